The van der Waals surface area contributed by atoms with E-state index in [1.807, 2.05) is 6.07 Å². The third kappa shape index (κ3) is 4.42. The lowest BCUT2D eigenvalue weighted by Gasteiger charge is -2.40. The average Bonchev–Trinajstić information content (AvgIpc) is 3.00. The number of piperidine rings is 1. The van der Waals surface area contributed by atoms with Gasteiger partial charge in [0.15, 0.2) is 0 Å². The molecular formula is C27H33ClN2S. The SMILES string of the molecule is C=C1Nc2ccc(Cl)cc2C12CCN(CCCc1ccc(SC3CC(C)C3)cc1)CC2. The minimum absolute atomic E-state index is 0.0580. The first-order valence-corrected chi connectivity index (χ1v) is 13.0. The number of fused-ring (bicyclic) bond motifs is 2. The minimum Gasteiger partial charge on any atom is -0.358 e. The molecule has 0 atom stereocenters. The molecule has 0 radical (unpaired) electrons. The van der Waals surface area contributed by atoms with E-state index >= 15 is 0 Å². The van der Waals surface area contributed by atoms with E-state index < -0.39 is 0 Å². The summed E-state index contributed by atoms with van der Waals surface area (Å²) in [6.07, 6.45) is 7.40. The summed E-state index contributed by atoms with van der Waals surface area (Å²) < 4.78 is 0. The third-order valence-corrected chi connectivity index (χ3v) is 9.06. The van der Waals surface area contributed by atoms with Gasteiger partial charge in [0.05, 0.1) is 0 Å². The number of nitrogens with zero attached hydrogens (tertiary/aromatic N) is 1. The highest BCUT2D eigenvalue weighted by atomic mass is 35.5. The fourth-order valence-electron chi connectivity index (χ4n) is 5.55. The molecule has 3 aliphatic rings. The molecule has 2 aliphatic heterocycles. The van der Waals surface area contributed by atoms with Crippen molar-refractivity contribution in [2.24, 2.45) is 5.92 Å². The van der Waals surface area contributed by atoms with Crippen molar-refractivity contribution in [2.75, 3.05) is 25.0 Å². The van der Waals surface area contributed by atoms with Gasteiger partial charge in [-0.3, -0.25) is 0 Å². The molecule has 2 aromatic rings. The summed E-state index contributed by atoms with van der Waals surface area (Å²) >= 11 is 8.38. The average molecular weight is 453 g/mol. The monoisotopic (exact) mass is 452 g/mol. The number of benzene rings is 2. The molecule has 2 heterocycles. The molecule has 1 saturated carbocycles. The van der Waals surface area contributed by atoms with E-state index in [1.165, 1.54) is 53.9 Å². The van der Waals surface area contributed by atoms with E-state index in [-0.39, 0.29) is 5.41 Å². The molecule has 0 aromatic heterocycles. The van der Waals surface area contributed by atoms with Gasteiger partial charge in [-0.25, -0.2) is 0 Å². The van der Waals surface area contributed by atoms with Crippen LogP contribution in [0.3, 0.4) is 0 Å². The highest BCUT2D eigenvalue weighted by Crippen LogP contribution is 2.50. The second-order valence-corrected chi connectivity index (χ2v) is 11.6. The number of likely N-dealkylation sites (tertiary alicyclic amines) is 1. The Bertz CT molecular complexity index is 940. The predicted molar refractivity (Wildman–Crippen MR) is 134 cm³/mol. The lowest BCUT2D eigenvalue weighted by molar-refractivity contribution is 0.179. The van der Waals surface area contributed by atoms with Gasteiger partial charge in [-0.15, -0.1) is 11.8 Å². The lowest BCUT2D eigenvalue weighted by atomic mass is 9.72. The number of thioether (sulfide) groups is 1. The largest absolute Gasteiger partial charge is 0.358 e. The van der Waals surface area contributed by atoms with Crippen LogP contribution in [0.15, 0.2) is 59.6 Å². The Labute approximate surface area is 196 Å². The summed E-state index contributed by atoms with van der Waals surface area (Å²) in [6.45, 7) is 10.2. The first-order chi connectivity index (χ1) is 15.0. The van der Waals surface area contributed by atoms with Gasteiger partial charge in [-0.2, -0.15) is 0 Å². The van der Waals surface area contributed by atoms with Crippen molar-refractivity contribution in [3.05, 3.63) is 70.9 Å². The molecule has 1 saturated heterocycles. The van der Waals surface area contributed by atoms with E-state index in [2.05, 4.69) is 71.9 Å². The Morgan fingerprint density at radius 3 is 2.58 bits per heavy atom. The first-order valence-electron chi connectivity index (χ1n) is 11.8. The summed E-state index contributed by atoms with van der Waals surface area (Å²) in [5.41, 5.74) is 5.22. The summed E-state index contributed by atoms with van der Waals surface area (Å²) in [5.74, 6) is 0.928. The fourth-order valence-corrected chi connectivity index (χ4v) is 7.25. The maximum absolute atomic E-state index is 6.31. The van der Waals surface area contributed by atoms with E-state index in [1.54, 1.807) is 0 Å². The minimum atomic E-state index is 0.0580. The number of hydrogen-bond acceptors (Lipinski definition) is 3. The van der Waals surface area contributed by atoms with Crippen LogP contribution >= 0.6 is 23.4 Å². The molecule has 4 heteroatoms. The van der Waals surface area contributed by atoms with Crippen molar-refractivity contribution in [3.63, 3.8) is 0 Å². The molecule has 1 N–H and O–H groups in total. The second-order valence-electron chi connectivity index (χ2n) is 9.78. The zero-order valence-electron chi connectivity index (χ0n) is 18.5. The molecule has 164 valence electrons. The first kappa shape index (κ1) is 21.4. The number of anilines is 1. The molecule has 1 spiro atoms. The van der Waals surface area contributed by atoms with Gasteiger partial charge in [0.2, 0.25) is 0 Å². The van der Waals surface area contributed by atoms with E-state index in [4.69, 9.17) is 11.6 Å². The molecule has 0 bridgehead atoms. The molecule has 2 aromatic carbocycles. The Morgan fingerprint density at radius 2 is 1.87 bits per heavy atom. The van der Waals surface area contributed by atoms with Crippen LogP contribution in [0.25, 0.3) is 0 Å². The standard InChI is InChI=1S/C27H33ClN2S/c1-19-16-24(17-19)31-23-8-5-21(6-9-23)4-3-13-30-14-11-27(12-15-30)20(2)29-26-10-7-22(28)18-25(26)27/h5-10,18-19,24,29H,2-4,11-17H2,1H3. The Balaban J connectivity index is 1.10. The Morgan fingerprint density at radius 1 is 1.13 bits per heavy atom. The molecule has 2 nitrogen and oxygen atoms in total. The Kier molecular flexibility index (Phi) is 6.11. The van der Waals surface area contributed by atoms with Crippen molar-refractivity contribution in [3.8, 4) is 0 Å². The number of halogens is 1. The van der Waals surface area contributed by atoms with Crippen molar-refractivity contribution in [1.82, 2.24) is 4.90 Å². The van der Waals surface area contributed by atoms with Crippen molar-refractivity contribution >= 4 is 29.1 Å². The summed E-state index contributed by atoms with van der Waals surface area (Å²) in [6, 6.07) is 15.5. The van der Waals surface area contributed by atoms with Crippen molar-refractivity contribution in [1.29, 1.82) is 0 Å². The van der Waals surface area contributed by atoms with Crippen LogP contribution in [-0.2, 0) is 11.8 Å². The lowest BCUT2D eigenvalue weighted by Crippen LogP contribution is -2.43. The van der Waals surface area contributed by atoms with Crippen LogP contribution < -0.4 is 5.32 Å². The predicted octanol–water partition coefficient (Wildman–Crippen LogP) is 7.14. The van der Waals surface area contributed by atoms with Crippen LogP contribution in [0.5, 0.6) is 0 Å². The van der Waals surface area contributed by atoms with Gasteiger partial charge in [0, 0.05) is 32.0 Å². The maximum atomic E-state index is 6.31. The Hall–Kier alpha value is -1.42. The molecular weight excluding hydrogens is 420 g/mol. The van der Waals surface area contributed by atoms with Gasteiger partial charge in [0.25, 0.3) is 0 Å². The highest BCUT2D eigenvalue weighted by Gasteiger charge is 2.44. The van der Waals surface area contributed by atoms with Crippen LogP contribution in [0.1, 0.15) is 50.2 Å². The number of nitrogens with one attached hydrogen (secondary N) is 1. The second kappa shape index (κ2) is 8.84. The normalized spacial score (nSPS) is 24.6. The molecule has 0 unspecified atom stereocenters. The van der Waals surface area contributed by atoms with E-state index in [9.17, 15) is 0 Å². The fraction of sp³-hybridized carbons (Fsp3) is 0.481. The highest BCUT2D eigenvalue weighted by molar-refractivity contribution is 8.00. The van der Waals surface area contributed by atoms with Crippen LogP contribution in [0, 0.1) is 5.92 Å². The third-order valence-electron chi connectivity index (χ3n) is 7.57. The van der Waals surface area contributed by atoms with Gasteiger partial charge < -0.3 is 10.2 Å². The van der Waals surface area contributed by atoms with Crippen LogP contribution in [0.2, 0.25) is 5.02 Å². The van der Waals surface area contributed by atoms with E-state index in [0.29, 0.717) is 0 Å². The quantitative estimate of drug-likeness (QED) is 0.501. The maximum Gasteiger partial charge on any atom is 0.0425 e. The smallest absolute Gasteiger partial charge is 0.0425 e. The zero-order valence-corrected chi connectivity index (χ0v) is 20.1. The number of allylic oxidation sites excluding steroid dienone is 1. The summed E-state index contributed by atoms with van der Waals surface area (Å²) in [7, 11) is 0. The summed E-state index contributed by atoms with van der Waals surface area (Å²) in [5, 5.41) is 5.18. The van der Waals surface area contributed by atoms with Crippen molar-refractivity contribution in [2.45, 2.75) is 61.0 Å². The number of rotatable bonds is 6. The van der Waals surface area contributed by atoms with E-state index in [0.717, 1.165) is 47.8 Å². The van der Waals surface area contributed by atoms with Crippen LogP contribution in [-0.4, -0.2) is 29.8 Å². The van der Waals surface area contributed by atoms with Gasteiger partial charge in [-0.1, -0.05) is 37.2 Å². The van der Waals surface area contributed by atoms with Gasteiger partial charge in [0.1, 0.15) is 0 Å². The van der Waals surface area contributed by atoms with Crippen molar-refractivity contribution < 1.29 is 0 Å². The zero-order chi connectivity index (χ0) is 21.4. The molecule has 2 fully saturated rings. The van der Waals surface area contributed by atoms with Gasteiger partial charge >= 0.3 is 0 Å². The number of aryl methyl sites for hydroxylation is 1. The molecule has 31 heavy (non-hydrogen) atoms. The molecule has 5 rings (SSSR count). The summed E-state index contributed by atoms with van der Waals surface area (Å²) in [4.78, 5) is 4.07. The molecule has 1 aliphatic carbocycles. The topological polar surface area (TPSA) is 15.3 Å². The van der Waals surface area contributed by atoms with Gasteiger partial charge in [-0.05, 0) is 106 Å². The molecule has 0 amide bonds. The number of hydrogen-bond donors (Lipinski definition) is 1. The van der Waals surface area contributed by atoms with Crippen LogP contribution in [0.4, 0.5) is 5.69 Å².